The number of aliphatic imine (C=N–C) groups is 1. The van der Waals surface area contributed by atoms with E-state index in [-0.39, 0.29) is 4.90 Å². The summed E-state index contributed by atoms with van der Waals surface area (Å²) in [4.78, 5) is 8.68. The highest BCUT2D eigenvalue weighted by atomic mass is 32.2. The third-order valence-electron chi connectivity index (χ3n) is 3.56. The number of benzene rings is 1. The van der Waals surface area contributed by atoms with Gasteiger partial charge in [0.15, 0.2) is 5.96 Å². The fourth-order valence-electron chi connectivity index (χ4n) is 2.20. The van der Waals surface area contributed by atoms with Crippen LogP contribution in [0.1, 0.15) is 11.3 Å². The number of sulfonamides is 1. The van der Waals surface area contributed by atoms with E-state index in [1.165, 1.54) is 7.05 Å². The van der Waals surface area contributed by atoms with Gasteiger partial charge in [-0.25, -0.2) is 13.1 Å². The molecule has 25 heavy (non-hydrogen) atoms. The summed E-state index contributed by atoms with van der Waals surface area (Å²) in [6.45, 7) is 1.17. The van der Waals surface area contributed by atoms with Crippen LogP contribution >= 0.6 is 0 Å². The zero-order valence-corrected chi connectivity index (χ0v) is 15.2. The van der Waals surface area contributed by atoms with Crippen molar-refractivity contribution in [2.24, 2.45) is 4.99 Å². The van der Waals surface area contributed by atoms with Crippen molar-refractivity contribution >= 4 is 16.0 Å². The van der Waals surface area contributed by atoms with Crippen molar-refractivity contribution in [1.82, 2.24) is 20.3 Å². The van der Waals surface area contributed by atoms with Crippen molar-refractivity contribution < 1.29 is 8.42 Å². The predicted molar refractivity (Wildman–Crippen MR) is 98.8 cm³/mol. The van der Waals surface area contributed by atoms with Gasteiger partial charge in [0.25, 0.3) is 0 Å². The van der Waals surface area contributed by atoms with Gasteiger partial charge in [-0.05, 0) is 36.9 Å². The van der Waals surface area contributed by atoms with Crippen LogP contribution in [0.4, 0.5) is 0 Å². The Morgan fingerprint density at radius 3 is 2.68 bits per heavy atom. The highest BCUT2D eigenvalue weighted by molar-refractivity contribution is 7.89. The molecule has 2 aromatic rings. The summed E-state index contributed by atoms with van der Waals surface area (Å²) in [5.41, 5.74) is 1.86. The molecule has 0 amide bonds. The minimum Gasteiger partial charge on any atom is -0.356 e. The lowest BCUT2D eigenvalue weighted by Crippen LogP contribution is -2.38. The number of guanidine groups is 1. The second-order valence-corrected chi connectivity index (χ2v) is 7.17. The monoisotopic (exact) mass is 361 g/mol. The van der Waals surface area contributed by atoms with Crippen LogP contribution < -0.4 is 15.4 Å². The van der Waals surface area contributed by atoms with Gasteiger partial charge in [0.05, 0.1) is 4.90 Å². The first-order valence-electron chi connectivity index (χ1n) is 7.92. The zero-order chi connectivity index (χ0) is 18.1. The molecule has 134 valence electrons. The molecular weight excluding hydrogens is 338 g/mol. The van der Waals surface area contributed by atoms with Crippen molar-refractivity contribution in [3.05, 3.63) is 59.9 Å². The van der Waals surface area contributed by atoms with Gasteiger partial charge in [-0.15, -0.1) is 0 Å². The lowest BCUT2D eigenvalue weighted by molar-refractivity contribution is 0.588. The minimum absolute atomic E-state index is 0.243. The Morgan fingerprint density at radius 2 is 2.00 bits per heavy atom. The number of aromatic nitrogens is 1. The van der Waals surface area contributed by atoms with Crippen molar-refractivity contribution in [3.8, 4) is 0 Å². The number of pyridine rings is 1. The summed E-state index contributed by atoms with van der Waals surface area (Å²) >= 11 is 0. The first kappa shape index (κ1) is 18.9. The summed E-state index contributed by atoms with van der Waals surface area (Å²) in [6.07, 6.45) is 2.56. The van der Waals surface area contributed by atoms with Gasteiger partial charge in [-0.2, -0.15) is 0 Å². The predicted octanol–water partition coefficient (Wildman–Crippen LogP) is 0.897. The van der Waals surface area contributed by atoms with Gasteiger partial charge in [0.1, 0.15) is 0 Å². The van der Waals surface area contributed by atoms with Gasteiger partial charge in [0, 0.05) is 38.4 Å². The second-order valence-electron chi connectivity index (χ2n) is 5.28. The Labute approximate surface area is 148 Å². The first-order valence-corrected chi connectivity index (χ1v) is 9.40. The maximum Gasteiger partial charge on any atom is 0.240 e. The molecule has 0 aliphatic rings. The van der Waals surface area contributed by atoms with E-state index in [1.807, 2.05) is 24.3 Å². The van der Waals surface area contributed by atoms with Crippen molar-refractivity contribution in [3.63, 3.8) is 0 Å². The van der Waals surface area contributed by atoms with Crippen LogP contribution in [0, 0.1) is 0 Å². The standard InChI is InChI=1S/C17H23N5O2S/c1-18-17(21-11-9-15-7-3-4-10-20-15)22-13-14-6-5-8-16(12-14)25(23,24)19-2/h3-8,10,12,19H,9,11,13H2,1-2H3,(H2,18,21,22). The highest BCUT2D eigenvalue weighted by Crippen LogP contribution is 2.10. The molecule has 0 aliphatic heterocycles. The molecule has 1 heterocycles. The lowest BCUT2D eigenvalue weighted by atomic mass is 10.2. The number of nitrogens with one attached hydrogen (secondary N) is 3. The van der Waals surface area contributed by atoms with Gasteiger partial charge in [0.2, 0.25) is 10.0 Å². The number of hydrogen-bond acceptors (Lipinski definition) is 4. The van der Waals surface area contributed by atoms with Crippen LogP contribution in [0.2, 0.25) is 0 Å². The van der Waals surface area contributed by atoms with Gasteiger partial charge in [-0.1, -0.05) is 18.2 Å². The third-order valence-corrected chi connectivity index (χ3v) is 4.97. The molecule has 0 saturated heterocycles. The molecule has 0 bridgehead atoms. The maximum atomic E-state index is 11.9. The molecule has 1 aromatic carbocycles. The summed E-state index contributed by atoms with van der Waals surface area (Å²) in [5, 5.41) is 6.38. The molecule has 0 spiro atoms. The number of rotatable bonds is 7. The Balaban J connectivity index is 1.87. The Bertz CT molecular complexity index is 807. The van der Waals surface area contributed by atoms with E-state index in [2.05, 4.69) is 25.3 Å². The van der Waals surface area contributed by atoms with Gasteiger partial charge >= 0.3 is 0 Å². The summed E-state index contributed by atoms with van der Waals surface area (Å²) < 4.78 is 26.0. The van der Waals surface area contributed by atoms with Gasteiger partial charge < -0.3 is 10.6 Å². The normalized spacial score (nSPS) is 12.0. The highest BCUT2D eigenvalue weighted by Gasteiger charge is 2.11. The average molecular weight is 361 g/mol. The summed E-state index contributed by atoms with van der Waals surface area (Å²) in [7, 11) is -0.351. The minimum atomic E-state index is -3.44. The largest absolute Gasteiger partial charge is 0.356 e. The van der Waals surface area contributed by atoms with E-state index in [9.17, 15) is 8.42 Å². The van der Waals surface area contributed by atoms with Crippen LogP contribution in [-0.4, -0.2) is 40.0 Å². The molecule has 3 N–H and O–H groups in total. The van der Waals surface area contributed by atoms with Crippen LogP contribution in [0.25, 0.3) is 0 Å². The van der Waals surface area contributed by atoms with E-state index in [0.717, 1.165) is 17.7 Å². The van der Waals surface area contributed by atoms with Crippen LogP contribution in [0.5, 0.6) is 0 Å². The zero-order valence-electron chi connectivity index (χ0n) is 14.4. The van der Waals surface area contributed by atoms with E-state index in [4.69, 9.17) is 0 Å². The topological polar surface area (TPSA) is 95.5 Å². The third kappa shape index (κ3) is 5.84. The quantitative estimate of drug-likeness (QED) is 0.503. The fraction of sp³-hybridized carbons (Fsp3) is 0.294. The average Bonchev–Trinajstić information content (AvgIpc) is 2.65. The molecule has 8 heteroatoms. The van der Waals surface area contributed by atoms with E-state index in [0.29, 0.717) is 19.0 Å². The number of hydrogen-bond donors (Lipinski definition) is 3. The molecule has 0 saturated carbocycles. The van der Waals surface area contributed by atoms with E-state index in [1.54, 1.807) is 31.4 Å². The number of nitrogens with zero attached hydrogens (tertiary/aromatic N) is 2. The Kier molecular flexibility index (Phi) is 6.91. The van der Waals surface area contributed by atoms with Crippen molar-refractivity contribution in [1.29, 1.82) is 0 Å². The Morgan fingerprint density at radius 1 is 1.16 bits per heavy atom. The SMILES string of the molecule is CN=C(NCCc1ccccn1)NCc1cccc(S(=O)(=O)NC)c1. The maximum absolute atomic E-state index is 11.9. The first-order chi connectivity index (χ1) is 12.0. The fourth-order valence-corrected chi connectivity index (χ4v) is 3.00. The van der Waals surface area contributed by atoms with E-state index >= 15 is 0 Å². The lowest BCUT2D eigenvalue weighted by Gasteiger charge is -2.12. The summed E-state index contributed by atoms with van der Waals surface area (Å²) in [5.74, 6) is 0.651. The molecular formula is C17H23N5O2S. The second kappa shape index (κ2) is 9.14. The molecule has 0 aliphatic carbocycles. The van der Waals surface area contributed by atoms with Crippen LogP contribution in [-0.2, 0) is 23.0 Å². The van der Waals surface area contributed by atoms with Crippen molar-refractivity contribution in [2.75, 3.05) is 20.6 Å². The van der Waals surface area contributed by atoms with Crippen molar-refractivity contribution in [2.45, 2.75) is 17.9 Å². The molecule has 0 unspecified atom stereocenters. The van der Waals surface area contributed by atoms with Crippen LogP contribution in [0.3, 0.4) is 0 Å². The smallest absolute Gasteiger partial charge is 0.240 e. The molecule has 7 nitrogen and oxygen atoms in total. The molecule has 0 fully saturated rings. The molecule has 0 atom stereocenters. The Hall–Kier alpha value is -2.45. The van der Waals surface area contributed by atoms with Crippen LogP contribution in [0.15, 0.2) is 58.5 Å². The molecule has 1 aromatic heterocycles. The molecule has 2 rings (SSSR count). The van der Waals surface area contributed by atoms with E-state index < -0.39 is 10.0 Å². The molecule has 0 radical (unpaired) electrons. The summed E-state index contributed by atoms with van der Waals surface area (Å²) in [6, 6.07) is 12.6. The van der Waals surface area contributed by atoms with Gasteiger partial charge in [-0.3, -0.25) is 9.98 Å².